The molecule has 0 heterocycles. The van der Waals surface area contributed by atoms with Crippen molar-refractivity contribution in [3.8, 4) is 5.75 Å². The van der Waals surface area contributed by atoms with E-state index in [2.05, 4.69) is 22.9 Å². The van der Waals surface area contributed by atoms with Crippen LogP contribution in [0.4, 0.5) is 11.4 Å². The van der Waals surface area contributed by atoms with Gasteiger partial charge in [0.1, 0.15) is 0 Å². The smallest absolute Gasteiger partial charge is 0.257 e. The first-order chi connectivity index (χ1) is 14.3. The van der Waals surface area contributed by atoms with Crippen molar-refractivity contribution in [2.24, 2.45) is 0 Å². The first-order valence-electron chi connectivity index (χ1n) is 9.39. The molecule has 0 aromatic heterocycles. The molecule has 0 aliphatic heterocycles. The van der Waals surface area contributed by atoms with Gasteiger partial charge in [-0.2, -0.15) is 0 Å². The summed E-state index contributed by atoms with van der Waals surface area (Å²) in [4.78, 5) is 24.3. The van der Waals surface area contributed by atoms with Gasteiger partial charge in [0, 0.05) is 23.4 Å². The fourth-order valence-corrected chi connectivity index (χ4v) is 3.47. The van der Waals surface area contributed by atoms with Gasteiger partial charge in [0.15, 0.2) is 10.9 Å². The molecule has 2 aromatic rings. The molecule has 0 radical (unpaired) electrons. The van der Waals surface area contributed by atoms with Crippen molar-refractivity contribution < 1.29 is 14.3 Å². The summed E-state index contributed by atoms with van der Waals surface area (Å²) in [7, 11) is 1.44. The molecule has 0 aliphatic rings. The number of unbranched alkanes of at least 4 members (excludes halogenated alkanes) is 2. The number of rotatable bonds is 8. The van der Waals surface area contributed by atoms with Gasteiger partial charge in [0.05, 0.1) is 17.2 Å². The number of benzene rings is 2. The second-order valence-corrected chi connectivity index (χ2v) is 7.69. The van der Waals surface area contributed by atoms with Crippen molar-refractivity contribution in [1.29, 1.82) is 0 Å². The highest BCUT2D eigenvalue weighted by molar-refractivity contribution is 7.80. The van der Waals surface area contributed by atoms with Crippen LogP contribution in [0.5, 0.6) is 5.75 Å². The van der Waals surface area contributed by atoms with Crippen LogP contribution < -0.4 is 20.7 Å². The lowest BCUT2D eigenvalue weighted by atomic mass is 10.2. The minimum atomic E-state index is -0.463. The summed E-state index contributed by atoms with van der Waals surface area (Å²) in [5.41, 5.74) is 1.60. The summed E-state index contributed by atoms with van der Waals surface area (Å²) >= 11 is 17.3. The Hall–Kier alpha value is -2.35. The van der Waals surface area contributed by atoms with E-state index >= 15 is 0 Å². The Balaban J connectivity index is 1.90. The van der Waals surface area contributed by atoms with Crippen molar-refractivity contribution in [3.05, 3.63) is 52.0 Å². The highest BCUT2D eigenvalue weighted by atomic mass is 35.5. The van der Waals surface area contributed by atoms with Crippen LogP contribution in [0.25, 0.3) is 0 Å². The van der Waals surface area contributed by atoms with Crippen molar-refractivity contribution >= 4 is 63.7 Å². The van der Waals surface area contributed by atoms with Gasteiger partial charge in [-0.25, -0.2) is 0 Å². The predicted molar refractivity (Wildman–Crippen MR) is 126 cm³/mol. The van der Waals surface area contributed by atoms with Crippen LogP contribution in [0.3, 0.4) is 0 Å². The lowest BCUT2D eigenvalue weighted by molar-refractivity contribution is -0.116. The van der Waals surface area contributed by atoms with E-state index in [-0.39, 0.29) is 26.6 Å². The fourth-order valence-electron chi connectivity index (χ4n) is 2.62. The Morgan fingerprint density at radius 1 is 1.00 bits per heavy atom. The summed E-state index contributed by atoms with van der Waals surface area (Å²) in [6.45, 7) is 2.10. The molecular formula is C21H23Cl2N3O3S. The number of hydrogen-bond donors (Lipinski definition) is 3. The summed E-state index contributed by atoms with van der Waals surface area (Å²) in [6.07, 6.45) is 3.49. The Labute approximate surface area is 191 Å². The molecule has 30 heavy (non-hydrogen) atoms. The van der Waals surface area contributed by atoms with Gasteiger partial charge in [0.25, 0.3) is 5.91 Å². The van der Waals surface area contributed by atoms with Gasteiger partial charge in [-0.1, -0.05) is 43.0 Å². The highest BCUT2D eigenvalue weighted by Gasteiger charge is 2.14. The van der Waals surface area contributed by atoms with E-state index < -0.39 is 5.91 Å². The fraction of sp³-hybridized carbons (Fsp3) is 0.286. The molecule has 2 rings (SSSR count). The number of anilines is 2. The molecular weight excluding hydrogens is 445 g/mol. The van der Waals surface area contributed by atoms with Crippen LogP contribution in [0, 0.1) is 0 Å². The topological polar surface area (TPSA) is 79.5 Å². The molecule has 0 saturated carbocycles. The molecule has 0 atom stereocenters. The third kappa shape index (κ3) is 7.16. The molecule has 0 unspecified atom stereocenters. The van der Waals surface area contributed by atoms with Crippen LogP contribution in [0.15, 0.2) is 36.4 Å². The number of nitrogens with one attached hydrogen (secondary N) is 3. The Morgan fingerprint density at radius 3 is 2.10 bits per heavy atom. The average Bonchev–Trinajstić information content (AvgIpc) is 2.69. The van der Waals surface area contributed by atoms with Gasteiger partial charge < -0.3 is 15.4 Å². The molecule has 160 valence electrons. The number of carbonyl (C=O) groups excluding carboxylic acids is 2. The average molecular weight is 468 g/mol. The Morgan fingerprint density at radius 2 is 1.57 bits per heavy atom. The second-order valence-electron chi connectivity index (χ2n) is 6.46. The molecule has 2 aromatic carbocycles. The zero-order valence-corrected chi connectivity index (χ0v) is 19.0. The van der Waals surface area contributed by atoms with Gasteiger partial charge in [-0.3, -0.25) is 14.9 Å². The highest BCUT2D eigenvalue weighted by Crippen LogP contribution is 2.33. The standard InChI is InChI=1S/C21H23Cl2N3O3S/c1-3-4-5-6-18(27)24-14-7-9-15(10-8-14)25-21(30)26-20(28)13-11-16(22)19(29-2)17(23)12-13/h7-12H,3-6H2,1-2H3,(H,24,27)(H2,25,26,28,30). The summed E-state index contributed by atoms with van der Waals surface area (Å²) in [5, 5.41) is 8.89. The van der Waals surface area contributed by atoms with E-state index in [1.54, 1.807) is 24.3 Å². The first-order valence-corrected chi connectivity index (χ1v) is 10.6. The van der Waals surface area contributed by atoms with Crippen LogP contribution in [0.1, 0.15) is 43.0 Å². The Bertz CT molecular complexity index is 897. The van der Waals surface area contributed by atoms with Crippen LogP contribution in [-0.2, 0) is 4.79 Å². The van der Waals surface area contributed by atoms with E-state index in [4.69, 9.17) is 40.2 Å². The minimum Gasteiger partial charge on any atom is -0.494 e. The summed E-state index contributed by atoms with van der Waals surface area (Å²) in [5.74, 6) is -0.174. The lowest BCUT2D eigenvalue weighted by Gasteiger charge is -2.12. The number of halogens is 2. The largest absolute Gasteiger partial charge is 0.494 e. The summed E-state index contributed by atoms with van der Waals surface area (Å²) in [6, 6.07) is 9.91. The minimum absolute atomic E-state index is 0.0104. The van der Waals surface area contributed by atoms with Crippen molar-refractivity contribution in [1.82, 2.24) is 5.32 Å². The lowest BCUT2D eigenvalue weighted by Crippen LogP contribution is -2.34. The molecule has 0 saturated heterocycles. The molecule has 0 aliphatic carbocycles. The molecule has 3 N–H and O–H groups in total. The number of carbonyl (C=O) groups is 2. The normalized spacial score (nSPS) is 10.3. The first kappa shape index (κ1) is 23.9. The SMILES string of the molecule is CCCCCC(=O)Nc1ccc(NC(=S)NC(=O)c2cc(Cl)c(OC)c(Cl)c2)cc1. The molecule has 0 spiro atoms. The maximum atomic E-state index is 12.4. The van der Waals surface area contributed by atoms with Crippen molar-refractivity contribution in [2.75, 3.05) is 17.7 Å². The number of amides is 2. The summed E-state index contributed by atoms with van der Waals surface area (Å²) < 4.78 is 5.07. The molecule has 0 fully saturated rings. The molecule has 6 nitrogen and oxygen atoms in total. The maximum Gasteiger partial charge on any atom is 0.257 e. The zero-order valence-electron chi connectivity index (χ0n) is 16.7. The van der Waals surface area contributed by atoms with E-state index in [1.165, 1.54) is 19.2 Å². The van der Waals surface area contributed by atoms with E-state index in [9.17, 15) is 9.59 Å². The monoisotopic (exact) mass is 467 g/mol. The van der Waals surface area contributed by atoms with E-state index in [1.807, 2.05) is 0 Å². The number of ether oxygens (including phenoxy) is 1. The van der Waals surface area contributed by atoms with Gasteiger partial charge in [-0.05, 0) is 55.0 Å². The van der Waals surface area contributed by atoms with Gasteiger partial charge in [0.2, 0.25) is 5.91 Å². The zero-order chi connectivity index (χ0) is 22.1. The van der Waals surface area contributed by atoms with Gasteiger partial charge >= 0.3 is 0 Å². The second kappa shape index (κ2) is 11.7. The van der Waals surface area contributed by atoms with Crippen molar-refractivity contribution in [3.63, 3.8) is 0 Å². The van der Waals surface area contributed by atoms with E-state index in [0.717, 1.165) is 19.3 Å². The third-order valence-corrected chi connectivity index (χ3v) is 4.89. The number of thiocarbonyl (C=S) groups is 1. The Kier molecular flexibility index (Phi) is 9.36. The van der Waals surface area contributed by atoms with Crippen molar-refractivity contribution in [2.45, 2.75) is 32.6 Å². The van der Waals surface area contributed by atoms with E-state index in [0.29, 0.717) is 23.5 Å². The van der Waals surface area contributed by atoms with Gasteiger partial charge in [-0.15, -0.1) is 0 Å². The molecule has 9 heteroatoms. The molecule has 2 amide bonds. The van der Waals surface area contributed by atoms with Crippen LogP contribution in [0.2, 0.25) is 10.0 Å². The van der Waals surface area contributed by atoms with Crippen LogP contribution in [-0.4, -0.2) is 24.0 Å². The maximum absolute atomic E-state index is 12.4. The number of methoxy groups -OCH3 is 1. The predicted octanol–water partition coefficient (Wildman–Crippen LogP) is 5.65. The molecule has 0 bridgehead atoms. The number of hydrogen-bond acceptors (Lipinski definition) is 4. The van der Waals surface area contributed by atoms with Crippen LogP contribution >= 0.6 is 35.4 Å². The quantitative estimate of drug-likeness (QED) is 0.345. The third-order valence-electron chi connectivity index (χ3n) is 4.13.